The summed E-state index contributed by atoms with van der Waals surface area (Å²) in [5.41, 5.74) is 3.09. The summed E-state index contributed by atoms with van der Waals surface area (Å²) < 4.78 is 27.7. The highest BCUT2D eigenvalue weighted by molar-refractivity contribution is 7.91. The number of aromatic nitrogens is 2. The monoisotopic (exact) mass is 382 g/mol. The molecule has 0 aliphatic heterocycles. The minimum absolute atomic E-state index is 0.165. The van der Waals surface area contributed by atoms with Gasteiger partial charge in [0.2, 0.25) is 15.4 Å². The Bertz CT molecular complexity index is 862. The normalized spacial score (nSPS) is 12.8. The summed E-state index contributed by atoms with van der Waals surface area (Å²) in [5.74, 6) is -0.241. The number of aryl methyl sites for hydroxylation is 2. The highest BCUT2D eigenvalue weighted by Crippen LogP contribution is 2.26. The molecule has 1 heterocycles. The Kier molecular flexibility index (Phi) is 6.26. The van der Waals surface area contributed by atoms with E-state index < -0.39 is 10.0 Å². The maximum atomic E-state index is 12.6. The Labute approximate surface area is 151 Å². The molecule has 0 saturated carbocycles. The number of nitrogens with zero attached hydrogens (tertiary/aromatic N) is 2. The van der Waals surface area contributed by atoms with Gasteiger partial charge < -0.3 is 5.32 Å². The van der Waals surface area contributed by atoms with Crippen LogP contribution >= 0.6 is 11.3 Å². The zero-order valence-electron chi connectivity index (χ0n) is 14.7. The van der Waals surface area contributed by atoms with E-state index in [0.717, 1.165) is 28.0 Å². The van der Waals surface area contributed by atoms with E-state index >= 15 is 0 Å². The van der Waals surface area contributed by atoms with Crippen molar-refractivity contribution in [3.63, 3.8) is 0 Å². The maximum Gasteiger partial charge on any atom is 0.270 e. The number of sulfonamides is 1. The van der Waals surface area contributed by atoms with Crippen molar-refractivity contribution in [3.05, 3.63) is 34.9 Å². The molecule has 1 atom stereocenters. The Morgan fingerprint density at radius 2 is 1.96 bits per heavy atom. The van der Waals surface area contributed by atoms with E-state index in [-0.39, 0.29) is 27.8 Å². The van der Waals surface area contributed by atoms with Crippen LogP contribution in [0.1, 0.15) is 49.4 Å². The lowest BCUT2D eigenvalue weighted by Gasteiger charge is -2.19. The van der Waals surface area contributed by atoms with Crippen LogP contribution in [-0.4, -0.2) is 24.5 Å². The van der Waals surface area contributed by atoms with Gasteiger partial charge in [0.15, 0.2) is 0 Å². The molecule has 2 rings (SSSR count). The smallest absolute Gasteiger partial charge is 0.270 e. The number of nitrogens with one attached hydrogen (secondary N) is 2. The molecule has 0 spiro atoms. The van der Waals surface area contributed by atoms with Gasteiger partial charge in [0.05, 0.1) is 0 Å². The minimum Gasteiger partial charge on any atom is -0.301 e. The van der Waals surface area contributed by atoms with Crippen molar-refractivity contribution in [2.75, 3.05) is 5.32 Å². The van der Waals surface area contributed by atoms with E-state index in [0.29, 0.717) is 6.42 Å². The predicted octanol–water partition coefficient (Wildman–Crippen LogP) is 2.93. The van der Waals surface area contributed by atoms with Crippen molar-refractivity contribution in [2.24, 2.45) is 0 Å². The summed E-state index contributed by atoms with van der Waals surface area (Å²) in [4.78, 5) is 11.4. The number of anilines is 1. The molecule has 0 radical (unpaired) electrons. The van der Waals surface area contributed by atoms with E-state index in [2.05, 4.69) is 20.2 Å². The van der Waals surface area contributed by atoms with Crippen LogP contribution in [0.2, 0.25) is 0 Å². The summed E-state index contributed by atoms with van der Waals surface area (Å²) in [6.07, 6.45) is 0.881. The molecule has 1 unspecified atom stereocenters. The largest absolute Gasteiger partial charge is 0.301 e. The third-order valence-corrected chi connectivity index (χ3v) is 6.39. The van der Waals surface area contributed by atoms with Crippen LogP contribution in [0, 0.1) is 13.8 Å². The van der Waals surface area contributed by atoms with Crippen molar-refractivity contribution in [3.8, 4) is 0 Å². The zero-order valence-corrected chi connectivity index (χ0v) is 16.3. The topological polar surface area (TPSA) is 101 Å². The third kappa shape index (κ3) is 4.83. The first-order valence-electron chi connectivity index (χ1n) is 7.99. The van der Waals surface area contributed by atoms with Gasteiger partial charge in [-0.2, -0.15) is 0 Å². The number of hydrogen-bond acceptors (Lipinski definition) is 6. The van der Waals surface area contributed by atoms with Gasteiger partial charge in [0.1, 0.15) is 0 Å². The second kappa shape index (κ2) is 8.03. The number of carbonyl (C=O) groups excluding carboxylic acids is 1. The Hall–Kier alpha value is -1.84. The maximum absolute atomic E-state index is 12.6. The highest BCUT2D eigenvalue weighted by atomic mass is 32.2. The summed E-state index contributed by atoms with van der Waals surface area (Å²) in [6.45, 7) is 7.57. The number of amides is 1. The number of rotatable bonds is 7. The molecule has 2 aromatic rings. The van der Waals surface area contributed by atoms with Gasteiger partial charge in [-0.05, 0) is 31.4 Å². The van der Waals surface area contributed by atoms with Crippen LogP contribution < -0.4 is 10.0 Å². The lowest BCUT2D eigenvalue weighted by Crippen LogP contribution is -2.28. The van der Waals surface area contributed by atoms with Gasteiger partial charge >= 0.3 is 0 Å². The fourth-order valence-corrected chi connectivity index (χ4v) is 4.63. The fraction of sp³-hybridized carbons (Fsp3) is 0.438. The van der Waals surface area contributed by atoms with Gasteiger partial charge in [0, 0.05) is 12.5 Å². The molecule has 0 saturated heterocycles. The molecule has 0 bridgehead atoms. The van der Waals surface area contributed by atoms with E-state index in [1.165, 1.54) is 0 Å². The zero-order chi connectivity index (χ0) is 18.6. The Morgan fingerprint density at radius 3 is 2.56 bits per heavy atom. The van der Waals surface area contributed by atoms with E-state index in [1.807, 2.05) is 39.0 Å². The lowest BCUT2D eigenvalue weighted by atomic mass is 9.98. The first-order chi connectivity index (χ1) is 11.8. The Balaban J connectivity index is 2.22. The van der Waals surface area contributed by atoms with Crippen LogP contribution in [0.3, 0.4) is 0 Å². The fourth-order valence-electron chi connectivity index (χ4n) is 2.40. The molecule has 1 aromatic heterocycles. The number of carbonyl (C=O) groups is 1. The second-order valence-electron chi connectivity index (χ2n) is 5.72. The molecular weight excluding hydrogens is 360 g/mol. The van der Waals surface area contributed by atoms with Crippen molar-refractivity contribution in [2.45, 2.75) is 50.9 Å². The van der Waals surface area contributed by atoms with Gasteiger partial charge in [-0.25, -0.2) is 13.1 Å². The molecule has 136 valence electrons. The molecule has 0 aliphatic carbocycles. The van der Waals surface area contributed by atoms with Gasteiger partial charge in [-0.15, -0.1) is 10.2 Å². The predicted molar refractivity (Wildman–Crippen MR) is 98.1 cm³/mol. The molecular formula is C16H22N4O3S2. The summed E-state index contributed by atoms with van der Waals surface area (Å²) >= 11 is 0.833. The van der Waals surface area contributed by atoms with Gasteiger partial charge in [-0.1, -0.05) is 48.9 Å². The molecule has 0 aliphatic rings. The number of hydrogen-bond donors (Lipinski definition) is 2. The summed E-state index contributed by atoms with van der Waals surface area (Å²) in [7, 11) is -3.82. The summed E-state index contributed by atoms with van der Waals surface area (Å²) in [5, 5.41) is 10.1. The standard InChI is InChI=1S/C16H22N4O3S2/c1-5-13(12-8-7-10(3)9-11(12)4)20-25(22,23)16-19-18-15(24-16)17-14(21)6-2/h7-9,13,20H,5-6H2,1-4H3,(H,17,18,21). The van der Waals surface area contributed by atoms with Gasteiger partial charge in [-0.3, -0.25) is 4.79 Å². The lowest BCUT2D eigenvalue weighted by molar-refractivity contribution is -0.115. The molecule has 0 fully saturated rings. The molecule has 9 heteroatoms. The number of benzene rings is 1. The van der Waals surface area contributed by atoms with Crippen molar-refractivity contribution in [1.29, 1.82) is 0 Å². The van der Waals surface area contributed by atoms with E-state index in [1.54, 1.807) is 6.92 Å². The van der Waals surface area contributed by atoms with Crippen LogP contribution in [0.5, 0.6) is 0 Å². The van der Waals surface area contributed by atoms with Crippen molar-refractivity contribution >= 4 is 32.4 Å². The molecule has 1 aromatic carbocycles. The molecule has 7 nitrogen and oxygen atoms in total. The quantitative estimate of drug-likeness (QED) is 0.717. The second-order valence-corrected chi connectivity index (χ2v) is 8.58. The molecule has 25 heavy (non-hydrogen) atoms. The highest BCUT2D eigenvalue weighted by Gasteiger charge is 2.25. The van der Waals surface area contributed by atoms with Crippen LogP contribution in [0.15, 0.2) is 22.5 Å². The first kappa shape index (κ1) is 19.5. The first-order valence-corrected chi connectivity index (χ1v) is 10.3. The van der Waals surface area contributed by atoms with Crippen LogP contribution in [0.4, 0.5) is 5.13 Å². The molecule has 2 N–H and O–H groups in total. The summed E-state index contributed by atoms with van der Waals surface area (Å²) in [6, 6.07) is 5.57. The third-order valence-electron chi connectivity index (χ3n) is 3.71. The SMILES string of the molecule is CCC(=O)Nc1nnc(S(=O)(=O)NC(CC)c2ccc(C)cc2C)s1. The average molecular weight is 383 g/mol. The minimum atomic E-state index is -3.82. The van der Waals surface area contributed by atoms with Crippen LogP contribution in [-0.2, 0) is 14.8 Å². The van der Waals surface area contributed by atoms with Crippen molar-refractivity contribution in [1.82, 2.24) is 14.9 Å². The average Bonchev–Trinajstić information content (AvgIpc) is 3.02. The van der Waals surface area contributed by atoms with E-state index in [4.69, 9.17) is 0 Å². The van der Waals surface area contributed by atoms with Crippen molar-refractivity contribution < 1.29 is 13.2 Å². The van der Waals surface area contributed by atoms with Gasteiger partial charge in [0.25, 0.3) is 10.0 Å². The molecule has 1 amide bonds. The van der Waals surface area contributed by atoms with Crippen LogP contribution in [0.25, 0.3) is 0 Å². The van der Waals surface area contributed by atoms with E-state index in [9.17, 15) is 13.2 Å². The Morgan fingerprint density at radius 1 is 1.24 bits per heavy atom.